The molecule has 2 aromatic rings. The highest BCUT2D eigenvalue weighted by Crippen LogP contribution is 2.36. The minimum Gasteiger partial charge on any atom is -0.495 e. The predicted molar refractivity (Wildman–Crippen MR) is 111 cm³/mol. The van der Waals surface area contributed by atoms with Crippen LogP contribution in [0.2, 0.25) is 5.02 Å². The molecule has 0 aliphatic heterocycles. The van der Waals surface area contributed by atoms with Gasteiger partial charge in [0.1, 0.15) is 11.5 Å². The molecular weight excluding hydrogens is 384 g/mol. The summed E-state index contributed by atoms with van der Waals surface area (Å²) in [4.78, 5) is 13.8. The molecule has 1 atom stereocenters. The van der Waals surface area contributed by atoms with Crippen molar-refractivity contribution in [2.24, 2.45) is 5.92 Å². The summed E-state index contributed by atoms with van der Waals surface area (Å²) in [6, 6.07) is 2.98. The summed E-state index contributed by atoms with van der Waals surface area (Å²) in [5.41, 5.74) is 3.37. The number of anilines is 1. The monoisotopic (exact) mass is 408 g/mol. The van der Waals surface area contributed by atoms with Gasteiger partial charge in [-0.1, -0.05) is 18.5 Å². The maximum Gasteiger partial charge on any atom is 0.319 e. The fourth-order valence-corrected chi connectivity index (χ4v) is 4.93. The zero-order valence-electron chi connectivity index (χ0n) is 15.9. The zero-order valence-corrected chi connectivity index (χ0v) is 17.4. The quantitative estimate of drug-likeness (QED) is 0.714. The van der Waals surface area contributed by atoms with Crippen molar-refractivity contribution in [3.8, 4) is 11.5 Å². The second-order valence-corrected chi connectivity index (χ2v) is 8.20. The Labute approximate surface area is 169 Å². The van der Waals surface area contributed by atoms with Crippen LogP contribution in [0.25, 0.3) is 0 Å². The molecule has 0 saturated heterocycles. The van der Waals surface area contributed by atoms with Crippen LogP contribution in [-0.2, 0) is 19.3 Å². The third-order valence-electron chi connectivity index (χ3n) is 4.89. The maximum atomic E-state index is 12.3. The highest BCUT2D eigenvalue weighted by molar-refractivity contribution is 7.10. The first-order chi connectivity index (χ1) is 13.0. The molecule has 1 aromatic carbocycles. The van der Waals surface area contributed by atoms with Crippen molar-refractivity contribution in [1.29, 1.82) is 0 Å². The van der Waals surface area contributed by atoms with E-state index in [9.17, 15) is 4.79 Å². The fourth-order valence-electron chi connectivity index (χ4n) is 3.39. The Morgan fingerprint density at radius 3 is 2.81 bits per heavy atom. The molecule has 146 valence electrons. The van der Waals surface area contributed by atoms with Crippen LogP contribution >= 0.6 is 22.9 Å². The molecule has 3 rings (SSSR count). The minimum atomic E-state index is -0.285. The van der Waals surface area contributed by atoms with Gasteiger partial charge in [-0.2, -0.15) is 0 Å². The van der Waals surface area contributed by atoms with Crippen LogP contribution in [0.3, 0.4) is 0 Å². The number of fused-ring (bicyclic) bond motifs is 1. The summed E-state index contributed by atoms with van der Waals surface area (Å²) >= 11 is 8.00. The number of amides is 2. The summed E-state index contributed by atoms with van der Waals surface area (Å²) in [6.07, 6.45) is 4.44. The van der Waals surface area contributed by atoms with E-state index in [0.29, 0.717) is 28.8 Å². The molecule has 0 bridgehead atoms. The van der Waals surface area contributed by atoms with Crippen molar-refractivity contribution >= 4 is 34.7 Å². The molecule has 1 aromatic heterocycles. The molecule has 1 heterocycles. The van der Waals surface area contributed by atoms with Crippen LogP contribution in [0.4, 0.5) is 10.5 Å². The van der Waals surface area contributed by atoms with Gasteiger partial charge in [0, 0.05) is 17.5 Å². The number of hydrogen-bond acceptors (Lipinski definition) is 4. The fraction of sp³-hybridized carbons (Fsp3) is 0.450. The smallest absolute Gasteiger partial charge is 0.319 e. The Morgan fingerprint density at radius 2 is 2.07 bits per heavy atom. The van der Waals surface area contributed by atoms with Gasteiger partial charge in [-0.25, -0.2) is 4.79 Å². The van der Waals surface area contributed by atoms with E-state index in [1.165, 1.54) is 43.1 Å². The molecule has 0 radical (unpaired) electrons. The van der Waals surface area contributed by atoms with Crippen molar-refractivity contribution in [1.82, 2.24) is 5.32 Å². The number of rotatable bonds is 6. The molecule has 0 fully saturated rings. The van der Waals surface area contributed by atoms with Crippen LogP contribution in [0.1, 0.15) is 29.3 Å². The summed E-state index contributed by atoms with van der Waals surface area (Å²) in [6.45, 7) is 2.89. The van der Waals surface area contributed by atoms with Gasteiger partial charge < -0.3 is 20.1 Å². The molecule has 7 heteroatoms. The van der Waals surface area contributed by atoms with Gasteiger partial charge in [0.25, 0.3) is 0 Å². The number of nitrogens with one attached hydrogen (secondary N) is 2. The van der Waals surface area contributed by atoms with E-state index in [4.69, 9.17) is 21.1 Å². The maximum absolute atomic E-state index is 12.3. The summed E-state index contributed by atoms with van der Waals surface area (Å²) in [7, 11) is 3.07. The number of urea groups is 1. The second-order valence-electron chi connectivity index (χ2n) is 6.83. The Hall–Kier alpha value is -1.92. The van der Waals surface area contributed by atoms with Crippen LogP contribution < -0.4 is 20.1 Å². The molecule has 1 aliphatic rings. The first-order valence-electron chi connectivity index (χ1n) is 9.06. The van der Waals surface area contributed by atoms with Gasteiger partial charge in [0.05, 0.1) is 24.9 Å². The molecular formula is C20H25ClN2O3S. The van der Waals surface area contributed by atoms with Crippen molar-refractivity contribution in [2.75, 3.05) is 26.1 Å². The second kappa shape index (κ2) is 8.85. The number of thiophene rings is 1. The number of halogens is 1. The van der Waals surface area contributed by atoms with Crippen molar-refractivity contribution in [3.05, 3.63) is 38.5 Å². The van der Waals surface area contributed by atoms with Crippen LogP contribution in [0, 0.1) is 5.92 Å². The third kappa shape index (κ3) is 4.68. The SMILES string of the molecule is COc1cc(OC)c(NC(=O)NCCc2csc3c2CCC(C)C3)cc1Cl. The molecule has 0 spiro atoms. The van der Waals surface area contributed by atoms with Crippen molar-refractivity contribution in [2.45, 2.75) is 32.6 Å². The third-order valence-corrected chi connectivity index (χ3v) is 6.29. The Morgan fingerprint density at radius 1 is 1.30 bits per heavy atom. The molecule has 27 heavy (non-hydrogen) atoms. The molecule has 2 N–H and O–H groups in total. The largest absolute Gasteiger partial charge is 0.495 e. The lowest BCUT2D eigenvalue weighted by Crippen LogP contribution is -2.30. The Bertz CT molecular complexity index is 822. The molecule has 1 aliphatic carbocycles. The van der Waals surface area contributed by atoms with E-state index in [0.717, 1.165) is 18.8 Å². The Balaban J connectivity index is 1.56. The van der Waals surface area contributed by atoms with Gasteiger partial charge in [-0.3, -0.25) is 0 Å². The average molecular weight is 409 g/mol. The van der Waals surface area contributed by atoms with Gasteiger partial charge in [-0.15, -0.1) is 11.3 Å². The van der Waals surface area contributed by atoms with Gasteiger partial charge >= 0.3 is 6.03 Å². The van der Waals surface area contributed by atoms with E-state index in [-0.39, 0.29) is 6.03 Å². The number of carbonyl (C=O) groups excluding carboxylic acids is 1. The zero-order chi connectivity index (χ0) is 19.4. The van der Waals surface area contributed by atoms with Crippen LogP contribution in [0.5, 0.6) is 11.5 Å². The van der Waals surface area contributed by atoms with E-state index in [1.807, 2.05) is 11.3 Å². The van der Waals surface area contributed by atoms with Crippen molar-refractivity contribution in [3.63, 3.8) is 0 Å². The number of carbonyl (C=O) groups is 1. The van der Waals surface area contributed by atoms with Crippen molar-refractivity contribution < 1.29 is 14.3 Å². The molecule has 5 nitrogen and oxygen atoms in total. The van der Waals surface area contributed by atoms with Gasteiger partial charge in [0.15, 0.2) is 0 Å². The van der Waals surface area contributed by atoms with E-state index in [2.05, 4.69) is 22.9 Å². The highest BCUT2D eigenvalue weighted by atomic mass is 35.5. The molecule has 2 amide bonds. The van der Waals surface area contributed by atoms with Gasteiger partial charge in [-0.05, 0) is 54.2 Å². The average Bonchev–Trinajstić information content (AvgIpc) is 3.04. The predicted octanol–water partition coefficient (Wildman–Crippen LogP) is 4.91. The first-order valence-corrected chi connectivity index (χ1v) is 10.3. The van der Waals surface area contributed by atoms with Gasteiger partial charge in [0.2, 0.25) is 0 Å². The summed E-state index contributed by atoms with van der Waals surface area (Å²) < 4.78 is 10.5. The number of ether oxygens (including phenoxy) is 2. The van der Waals surface area contributed by atoms with E-state index in [1.54, 1.807) is 12.1 Å². The first kappa shape index (κ1) is 19.8. The van der Waals surface area contributed by atoms with Crippen LogP contribution in [-0.4, -0.2) is 26.8 Å². The lowest BCUT2D eigenvalue weighted by molar-refractivity contribution is 0.252. The number of methoxy groups -OCH3 is 2. The Kier molecular flexibility index (Phi) is 6.50. The standard InChI is InChI=1S/C20H25ClN2O3S/c1-12-4-5-14-13(11-27-19(14)8-12)6-7-22-20(24)23-16-9-15(21)17(25-2)10-18(16)26-3/h9-12H,4-8H2,1-3H3,(H2,22,23,24). The molecule has 1 unspecified atom stereocenters. The van der Waals surface area contributed by atoms with Crippen LogP contribution in [0.15, 0.2) is 17.5 Å². The number of hydrogen-bond donors (Lipinski definition) is 2. The lowest BCUT2D eigenvalue weighted by Gasteiger charge is -2.19. The number of benzene rings is 1. The normalized spacial score (nSPS) is 15.8. The topological polar surface area (TPSA) is 59.6 Å². The lowest BCUT2D eigenvalue weighted by atomic mass is 9.88. The minimum absolute atomic E-state index is 0.285. The molecule has 0 saturated carbocycles. The van der Waals surface area contributed by atoms with E-state index < -0.39 is 0 Å². The highest BCUT2D eigenvalue weighted by Gasteiger charge is 2.19. The van der Waals surface area contributed by atoms with E-state index >= 15 is 0 Å². The summed E-state index contributed by atoms with van der Waals surface area (Å²) in [5.74, 6) is 1.77. The summed E-state index contributed by atoms with van der Waals surface area (Å²) in [5, 5.41) is 8.35.